The van der Waals surface area contributed by atoms with Crippen LogP contribution >= 0.6 is 0 Å². The number of hydrogen-bond acceptors (Lipinski definition) is 3. The van der Waals surface area contributed by atoms with Crippen LogP contribution in [0.2, 0.25) is 0 Å². The fourth-order valence-corrected chi connectivity index (χ4v) is 1.96. The average molecular weight is 246 g/mol. The molecular formula is C13H18N4O. The first-order chi connectivity index (χ1) is 8.47. The Morgan fingerprint density at radius 2 is 2.11 bits per heavy atom. The molecule has 0 aliphatic carbocycles. The van der Waals surface area contributed by atoms with E-state index < -0.39 is 0 Å². The van der Waals surface area contributed by atoms with Crippen LogP contribution in [0.25, 0.3) is 5.69 Å². The molecule has 0 aliphatic rings. The van der Waals surface area contributed by atoms with Crippen molar-refractivity contribution in [2.24, 2.45) is 13.0 Å². The summed E-state index contributed by atoms with van der Waals surface area (Å²) < 4.78 is 3.09. The molecule has 0 aliphatic heterocycles. The van der Waals surface area contributed by atoms with Gasteiger partial charge in [0, 0.05) is 12.6 Å². The molecule has 0 bridgehead atoms. The molecule has 2 aromatic rings. The van der Waals surface area contributed by atoms with Gasteiger partial charge < -0.3 is 0 Å². The van der Waals surface area contributed by atoms with Crippen LogP contribution in [0.3, 0.4) is 0 Å². The van der Waals surface area contributed by atoms with E-state index in [2.05, 4.69) is 24.0 Å². The first-order valence-electron chi connectivity index (χ1n) is 6.06. The largest absolute Gasteiger partial charge is 0.274 e. The maximum Gasteiger partial charge on any atom is 0.274 e. The van der Waals surface area contributed by atoms with Crippen molar-refractivity contribution >= 4 is 0 Å². The molecule has 0 radical (unpaired) electrons. The van der Waals surface area contributed by atoms with Crippen LogP contribution in [0, 0.1) is 12.8 Å². The average Bonchev–Trinajstić information content (AvgIpc) is 2.69. The van der Waals surface area contributed by atoms with E-state index >= 15 is 0 Å². The van der Waals surface area contributed by atoms with Gasteiger partial charge in [-0.2, -0.15) is 14.9 Å². The zero-order valence-corrected chi connectivity index (χ0v) is 11.2. The van der Waals surface area contributed by atoms with Gasteiger partial charge in [0.15, 0.2) is 0 Å². The van der Waals surface area contributed by atoms with E-state index in [1.54, 1.807) is 17.1 Å². The molecule has 0 fully saturated rings. The number of hydrogen-bond donors (Lipinski definition) is 0. The highest BCUT2D eigenvalue weighted by molar-refractivity contribution is 5.26. The summed E-state index contributed by atoms with van der Waals surface area (Å²) in [6.45, 7) is 6.10. The van der Waals surface area contributed by atoms with Crippen LogP contribution in [0.5, 0.6) is 0 Å². The van der Waals surface area contributed by atoms with Crippen LogP contribution in [0.15, 0.2) is 23.3 Å². The van der Waals surface area contributed by atoms with Crippen molar-refractivity contribution < 1.29 is 0 Å². The van der Waals surface area contributed by atoms with Gasteiger partial charge in [-0.3, -0.25) is 9.48 Å². The number of rotatable bonds is 3. The minimum absolute atomic E-state index is 0.0534. The Bertz CT molecular complexity index is 610. The van der Waals surface area contributed by atoms with Crippen molar-refractivity contribution in [1.82, 2.24) is 19.6 Å². The van der Waals surface area contributed by atoms with Gasteiger partial charge in [0.2, 0.25) is 0 Å². The maximum absolute atomic E-state index is 12.3. The quantitative estimate of drug-likeness (QED) is 0.824. The first-order valence-corrected chi connectivity index (χ1v) is 6.06. The van der Waals surface area contributed by atoms with Gasteiger partial charge in [-0.25, -0.2) is 0 Å². The summed E-state index contributed by atoms with van der Waals surface area (Å²) >= 11 is 0. The summed E-state index contributed by atoms with van der Waals surface area (Å²) in [5, 5.41) is 8.35. The third kappa shape index (κ3) is 2.50. The Balaban J connectivity index is 2.54. The van der Waals surface area contributed by atoms with Gasteiger partial charge in [-0.15, -0.1) is 0 Å². The lowest BCUT2D eigenvalue weighted by molar-refractivity contribution is 0.630. The van der Waals surface area contributed by atoms with Crippen molar-refractivity contribution in [3.8, 4) is 5.69 Å². The predicted molar refractivity (Wildman–Crippen MR) is 69.9 cm³/mol. The predicted octanol–water partition coefficient (Wildman–Crippen LogP) is 1.47. The molecule has 2 heterocycles. The van der Waals surface area contributed by atoms with Crippen molar-refractivity contribution in [1.29, 1.82) is 0 Å². The molecule has 2 rings (SSSR count). The highest BCUT2D eigenvalue weighted by atomic mass is 16.1. The van der Waals surface area contributed by atoms with E-state index in [4.69, 9.17) is 0 Å². The molecule has 0 unspecified atom stereocenters. The second-order valence-corrected chi connectivity index (χ2v) is 5.00. The zero-order valence-electron chi connectivity index (χ0n) is 11.2. The monoisotopic (exact) mass is 246 g/mol. The molecule has 2 aromatic heterocycles. The van der Waals surface area contributed by atoms with Crippen LogP contribution in [0.4, 0.5) is 0 Å². The lowest BCUT2D eigenvalue weighted by Crippen LogP contribution is -2.26. The topological polar surface area (TPSA) is 52.7 Å². The van der Waals surface area contributed by atoms with E-state index in [-0.39, 0.29) is 5.56 Å². The van der Waals surface area contributed by atoms with Gasteiger partial charge in [0.05, 0.1) is 18.1 Å². The van der Waals surface area contributed by atoms with Gasteiger partial charge in [0.25, 0.3) is 5.56 Å². The van der Waals surface area contributed by atoms with Crippen molar-refractivity contribution in [2.75, 3.05) is 0 Å². The molecule has 0 aromatic carbocycles. The van der Waals surface area contributed by atoms with Gasteiger partial charge in [0.1, 0.15) is 5.69 Å². The summed E-state index contributed by atoms with van der Waals surface area (Å²) in [4.78, 5) is 12.3. The van der Waals surface area contributed by atoms with Gasteiger partial charge in [-0.05, 0) is 25.3 Å². The van der Waals surface area contributed by atoms with E-state index in [9.17, 15) is 4.79 Å². The third-order valence-corrected chi connectivity index (χ3v) is 2.67. The summed E-state index contributed by atoms with van der Waals surface area (Å²) in [5.74, 6) is 0.446. The summed E-state index contributed by atoms with van der Waals surface area (Å²) in [7, 11) is 1.82. The Morgan fingerprint density at radius 1 is 1.39 bits per heavy atom. The van der Waals surface area contributed by atoms with E-state index in [0.29, 0.717) is 11.6 Å². The fraction of sp³-hybridized carbons (Fsp3) is 0.462. The Morgan fingerprint density at radius 3 is 2.67 bits per heavy atom. The van der Waals surface area contributed by atoms with Crippen LogP contribution in [-0.4, -0.2) is 19.6 Å². The lowest BCUT2D eigenvalue weighted by atomic mass is 10.0. The molecule has 0 atom stereocenters. The fourth-order valence-electron chi connectivity index (χ4n) is 1.96. The Labute approximate surface area is 106 Å². The van der Waals surface area contributed by atoms with Crippen molar-refractivity contribution in [3.63, 3.8) is 0 Å². The molecular weight excluding hydrogens is 228 g/mol. The molecule has 18 heavy (non-hydrogen) atoms. The highest BCUT2D eigenvalue weighted by Gasteiger charge is 2.10. The Hall–Kier alpha value is -1.91. The number of aryl methyl sites for hydroxylation is 2. The van der Waals surface area contributed by atoms with E-state index in [0.717, 1.165) is 17.7 Å². The normalized spacial score (nSPS) is 11.2. The van der Waals surface area contributed by atoms with Crippen LogP contribution in [0.1, 0.15) is 25.1 Å². The highest BCUT2D eigenvalue weighted by Crippen LogP contribution is 2.07. The zero-order chi connectivity index (χ0) is 13.3. The second kappa shape index (κ2) is 4.76. The number of nitrogens with zero attached hydrogens (tertiary/aromatic N) is 4. The number of aromatic nitrogens is 4. The summed E-state index contributed by atoms with van der Waals surface area (Å²) in [6, 6.07) is 1.87. The molecule has 0 N–H and O–H groups in total. The molecule has 0 saturated carbocycles. The van der Waals surface area contributed by atoms with Crippen LogP contribution in [-0.2, 0) is 13.5 Å². The van der Waals surface area contributed by atoms with Crippen molar-refractivity contribution in [3.05, 3.63) is 40.1 Å². The van der Waals surface area contributed by atoms with E-state index in [1.807, 2.05) is 20.0 Å². The SMILES string of the molecule is Cc1cc(CC(C)C)c(=O)n(-c2cnn(C)c2)n1. The first kappa shape index (κ1) is 12.5. The standard InChI is InChI=1S/C13H18N4O/c1-9(2)5-11-6-10(3)15-17(13(11)18)12-7-14-16(4)8-12/h6-9H,5H2,1-4H3. The smallest absolute Gasteiger partial charge is 0.274 e. The lowest BCUT2D eigenvalue weighted by Gasteiger charge is -2.08. The Kier molecular flexibility index (Phi) is 3.32. The third-order valence-electron chi connectivity index (χ3n) is 2.67. The van der Waals surface area contributed by atoms with E-state index in [1.165, 1.54) is 4.68 Å². The van der Waals surface area contributed by atoms with Crippen LogP contribution < -0.4 is 5.56 Å². The van der Waals surface area contributed by atoms with Gasteiger partial charge >= 0.3 is 0 Å². The minimum atomic E-state index is -0.0534. The van der Waals surface area contributed by atoms with Gasteiger partial charge in [-0.1, -0.05) is 13.8 Å². The maximum atomic E-state index is 12.3. The second-order valence-electron chi connectivity index (χ2n) is 5.00. The molecule has 0 amide bonds. The molecule has 5 heteroatoms. The summed E-state index contributed by atoms with van der Waals surface area (Å²) in [5.41, 5.74) is 2.30. The molecule has 96 valence electrons. The van der Waals surface area contributed by atoms with Crippen molar-refractivity contribution in [2.45, 2.75) is 27.2 Å². The molecule has 0 spiro atoms. The minimum Gasteiger partial charge on any atom is -0.274 e. The summed E-state index contributed by atoms with van der Waals surface area (Å²) in [6.07, 6.45) is 4.20. The molecule has 5 nitrogen and oxygen atoms in total. The molecule has 0 saturated heterocycles.